The highest BCUT2D eigenvalue weighted by atomic mass is 79.9. The largest absolute Gasteiger partial charge is 0.416 e. The monoisotopic (exact) mass is 363 g/mol. The highest BCUT2D eigenvalue weighted by Gasteiger charge is 2.36. The van der Waals surface area contributed by atoms with Crippen LogP contribution in [0.25, 0.3) is 0 Å². The van der Waals surface area contributed by atoms with E-state index < -0.39 is 11.7 Å². The normalized spacial score (nSPS) is 22.7. The fraction of sp³-hybridized carbons (Fsp3) is 0.533. The van der Waals surface area contributed by atoms with E-state index in [9.17, 15) is 18.0 Å². The van der Waals surface area contributed by atoms with Gasteiger partial charge in [0, 0.05) is 16.6 Å². The number of nitrogens with zero attached hydrogens (tertiary/aromatic N) is 1. The molecule has 0 saturated carbocycles. The van der Waals surface area contributed by atoms with Crippen LogP contribution in [0.4, 0.5) is 13.2 Å². The third-order valence-electron chi connectivity index (χ3n) is 4.02. The molecule has 1 heterocycles. The van der Waals surface area contributed by atoms with Gasteiger partial charge in [0.1, 0.15) is 0 Å². The first kappa shape index (κ1) is 16.3. The van der Waals surface area contributed by atoms with E-state index in [1.807, 2.05) is 13.8 Å². The summed E-state index contributed by atoms with van der Waals surface area (Å²) < 4.78 is 38.9. The zero-order valence-corrected chi connectivity index (χ0v) is 13.5. The first-order chi connectivity index (χ1) is 9.75. The third kappa shape index (κ3) is 3.25. The Morgan fingerprint density at radius 3 is 2.62 bits per heavy atom. The van der Waals surface area contributed by atoms with Crippen LogP contribution in [0.2, 0.25) is 0 Å². The van der Waals surface area contributed by atoms with Crippen molar-refractivity contribution in [2.24, 2.45) is 0 Å². The van der Waals surface area contributed by atoms with E-state index in [0.717, 1.165) is 31.4 Å². The molecule has 2 rings (SSSR count). The number of carbonyl (C=O) groups is 1. The summed E-state index contributed by atoms with van der Waals surface area (Å²) >= 11 is 3.19. The molecule has 1 fully saturated rings. The summed E-state index contributed by atoms with van der Waals surface area (Å²) in [6, 6.07) is 3.37. The first-order valence-corrected chi connectivity index (χ1v) is 7.74. The molecule has 0 N–H and O–H groups in total. The van der Waals surface area contributed by atoms with E-state index in [1.165, 1.54) is 6.07 Å². The molecular formula is C15H17BrF3NO. The first-order valence-electron chi connectivity index (χ1n) is 6.95. The Labute approximate surface area is 130 Å². The number of hydrogen-bond donors (Lipinski definition) is 0. The van der Waals surface area contributed by atoms with E-state index in [1.54, 1.807) is 4.90 Å². The van der Waals surface area contributed by atoms with Gasteiger partial charge in [-0.15, -0.1) is 0 Å². The minimum absolute atomic E-state index is 0.0592. The summed E-state index contributed by atoms with van der Waals surface area (Å²) in [5, 5.41) is 0. The average Bonchev–Trinajstić information content (AvgIpc) is 2.78. The number of halogens is 4. The maximum absolute atomic E-state index is 12.8. The van der Waals surface area contributed by atoms with E-state index in [0.29, 0.717) is 4.47 Å². The molecule has 1 saturated heterocycles. The van der Waals surface area contributed by atoms with Crippen LogP contribution in [0.1, 0.15) is 49.0 Å². The molecule has 2 nitrogen and oxygen atoms in total. The highest BCUT2D eigenvalue weighted by molar-refractivity contribution is 9.10. The number of benzene rings is 1. The zero-order chi connectivity index (χ0) is 15.8. The van der Waals surface area contributed by atoms with Crippen LogP contribution in [0.15, 0.2) is 22.7 Å². The van der Waals surface area contributed by atoms with Crippen molar-refractivity contribution >= 4 is 21.8 Å². The Morgan fingerprint density at radius 2 is 2.05 bits per heavy atom. The number of carbonyl (C=O) groups excluding carboxylic acids is 1. The molecule has 0 spiro atoms. The summed E-state index contributed by atoms with van der Waals surface area (Å²) in [6.07, 6.45) is -1.84. The van der Waals surface area contributed by atoms with Gasteiger partial charge in [0.2, 0.25) is 0 Å². The Balaban J connectivity index is 2.39. The van der Waals surface area contributed by atoms with Crippen molar-refractivity contribution in [3.63, 3.8) is 0 Å². The standard InChI is InChI=1S/C15H17BrF3NO/c1-3-11-6-4-9(2)20(11)14(21)12-8-10(15(17,18)19)5-7-13(12)16/h5,7-9,11H,3-4,6H2,1-2H3. The van der Waals surface area contributed by atoms with Gasteiger partial charge in [-0.25, -0.2) is 0 Å². The Kier molecular flexibility index (Phi) is 4.66. The summed E-state index contributed by atoms with van der Waals surface area (Å²) in [7, 11) is 0. The minimum atomic E-state index is -4.45. The number of hydrogen-bond acceptors (Lipinski definition) is 1. The lowest BCUT2D eigenvalue weighted by atomic mass is 10.1. The fourth-order valence-electron chi connectivity index (χ4n) is 2.84. The predicted molar refractivity (Wildman–Crippen MR) is 78.1 cm³/mol. The van der Waals surface area contributed by atoms with Crippen LogP contribution >= 0.6 is 15.9 Å². The van der Waals surface area contributed by atoms with Crippen molar-refractivity contribution in [3.8, 4) is 0 Å². The van der Waals surface area contributed by atoms with Crippen LogP contribution in [0.3, 0.4) is 0 Å². The summed E-state index contributed by atoms with van der Waals surface area (Å²) in [4.78, 5) is 14.4. The molecule has 1 aromatic carbocycles. The summed E-state index contributed by atoms with van der Waals surface area (Å²) in [5.74, 6) is -0.329. The number of alkyl halides is 3. The zero-order valence-electron chi connectivity index (χ0n) is 11.9. The van der Waals surface area contributed by atoms with Crippen LogP contribution in [0.5, 0.6) is 0 Å². The topological polar surface area (TPSA) is 20.3 Å². The molecule has 6 heteroatoms. The molecular weight excluding hydrogens is 347 g/mol. The molecule has 0 aliphatic carbocycles. The molecule has 116 valence electrons. The lowest BCUT2D eigenvalue weighted by molar-refractivity contribution is -0.137. The maximum Gasteiger partial charge on any atom is 0.416 e. The molecule has 2 atom stereocenters. The maximum atomic E-state index is 12.8. The lowest BCUT2D eigenvalue weighted by Crippen LogP contribution is -2.39. The Morgan fingerprint density at radius 1 is 1.38 bits per heavy atom. The Hall–Kier alpha value is -1.04. The van der Waals surface area contributed by atoms with Gasteiger partial charge < -0.3 is 4.90 Å². The van der Waals surface area contributed by atoms with E-state index >= 15 is 0 Å². The minimum Gasteiger partial charge on any atom is -0.333 e. The van der Waals surface area contributed by atoms with Gasteiger partial charge in [0.05, 0.1) is 11.1 Å². The second kappa shape index (κ2) is 5.99. The van der Waals surface area contributed by atoms with E-state index in [2.05, 4.69) is 15.9 Å². The molecule has 1 amide bonds. The smallest absolute Gasteiger partial charge is 0.333 e. The molecule has 0 radical (unpaired) electrons. The third-order valence-corrected chi connectivity index (χ3v) is 4.71. The highest BCUT2D eigenvalue weighted by Crippen LogP contribution is 2.34. The average molecular weight is 364 g/mol. The number of likely N-dealkylation sites (tertiary alicyclic amines) is 1. The SMILES string of the molecule is CCC1CCC(C)N1C(=O)c1cc(C(F)(F)F)ccc1Br. The van der Waals surface area contributed by atoms with Crippen molar-refractivity contribution in [2.45, 2.75) is 51.4 Å². The molecule has 21 heavy (non-hydrogen) atoms. The van der Waals surface area contributed by atoms with Crippen molar-refractivity contribution in [2.75, 3.05) is 0 Å². The quantitative estimate of drug-likeness (QED) is 0.733. The van der Waals surface area contributed by atoms with Gasteiger partial charge in [-0.2, -0.15) is 13.2 Å². The molecule has 0 aromatic heterocycles. The second-order valence-electron chi connectivity index (χ2n) is 5.39. The summed E-state index contributed by atoms with van der Waals surface area (Å²) in [6.45, 7) is 3.93. The van der Waals surface area contributed by atoms with Crippen molar-refractivity contribution < 1.29 is 18.0 Å². The second-order valence-corrected chi connectivity index (χ2v) is 6.25. The Bertz CT molecular complexity index is 544. The van der Waals surface area contributed by atoms with Crippen molar-refractivity contribution in [3.05, 3.63) is 33.8 Å². The fourth-order valence-corrected chi connectivity index (χ4v) is 3.26. The van der Waals surface area contributed by atoms with Crippen molar-refractivity contribution in [1.29, 1.82) is 0 Å². The number of amides is 1. The van der Waals surface area contributed by atoms with Crippen LogP contribution in [-0.4, -0.2) is 22.9 Å². The van der Waals surface area contributed by atoms with Gasteiger partial charge in [-0.3, -0.25) is 4.79 Å². The van der Waals surface area contributed by atoms with Gasteiger partial charge in [0.25, 0.3) is 5.91 Å². The van der Waals surface area contributed by atoms with Crippen LogP contribution < -0.4 is 0 Å². The summed E-state index contributed by atoms with van der Waals surface area (Å²) in [5.41, 5.74) is -0.717. The van der Waals surface area contributed by atoms with Gasteiger partial charge >= 0.3 is 6.18 Å². The van der Waals surface area contributed by atoms with Crippen LogP contribution in [0, 0.1) is 0 Å². The van der Waals surface area contributed by atoms with Crippen molar-refractivity contribution in [1.82, 2.24) is 4.90 Å². The molecule has 2 unspecified atom stereocenters. The van der Waals surface area contributed by atoms with E-state index in [-0.39, 0.29) is 23.6 Å². The molecule has 1 aliphatic rings. The van der Waals surface area contributed by atoms with Crippen LogP contribution in [-0.2, 0) is 6.18 Å². The molecule has 1 aromatic rings. The molecule has 0 bridgehead atoms. The van der Waals surface area contributed by atoms with E-state index in [4.69, 9.17) is 0 Å². The van der Waals surface area contributed by atoms with Gasteiger partial charge in [-0.05, 0) is 60.3 Å². The van der Waals surface area contributed by atoms with Gasteiger partial charge in [0.15, 0.2) is 0 Å². The number of rotatable bonds is 2. The molecule has 1 aliphatic heterocycles. The predicted octanol–water partition coefficient (Wildman–Crippen LogP) is 4.87. The lowest BCUT2D eigenvalue weighted by Gasteiger charge is -2.28. The van der Waals surface area contributed by atoms with Gasteiger partial charge in [-0.1, -0.05) is 6.92 Å².